The molecule has 44 heavy (non-hydrogen) atoms. The zero-order valence-corrected chi connectivity index (χ0v) is 24.7. The van der Waals surface area contributed by atoms with Crippen LogP contribution in [0.2, 0.25) is 0 Å². The summed E-state index contributed by atoms with van der Waals surface area (Å²) in [6, 6.07) is 5.16. The van der Waals surface area contributed by atoms with Crippen LogP contribution in [0, 0.1) is 10.3 Å². The number of amidine groups is 1. The summed E-state index contributed by atoms with van der Waals surface area (Å²) in [4.78, 5) is 57.1. The Labute approximate surface area is 253 Å². The smallest absolute Gasteiger partial charge is 0.436 e. The van der Waals surface area contributed by atoms with Crippen molar-refractivity contribution >= 4 is 56.1 Å². The molecule has 19 nitrogen and oxygen atoms in total. The summed E-state index contributed by atoms with van der Waals surface area (Å²) in [6.07, 6.45) is -1.70. The zero-order valence-electron chi connectivity index (χ0n) is 23.0. The minimum Gasteiger partial charge on any atom is -0.489 e. The van der Waals surface area contributed by atoms with Crippen LogP contribution in [0.1, 0.15) is 25.1 Å². The maximum absolute atomic E-state index is 13.2. The van der Waals surface area contributed by atoms with Gasteiger partial charge in [-0.2, -0.15) is 13.5 Å². The number of carbonyl (C=O) groups is 3. The standard InChI is InChI=1S/C23H27N9O10S2/c1-23(2)17(20(34)32(23)42-44(38,39)31-37)29-19(33)16(14-10-43-22(25)28-14)30-41-15(21(35)36)9-40-13-5-3-11(4-6-13)18(24)27-12-7-26-8-12/h3-6,10,12,15,17,26H,7-9H2,1-2H3,(H2,24,27)(H2,25,28)(H,29,33)(H,35,36)/b30-16-/t15-,17+/m0/s1. The van der Waals surface area contributed by atoms with E-state index in [1.54, 1.807) is 28.8 Å². The molecule has 0 radical (unpaired) electrons. The van der Waals surface area contributed by atoms with Gasteiger partial charge >= 0.3 is 16.3 Å². The maximum Gasteiger partial charge on any atom is 0.436 e. The predicted octanol–water partition coefficient (Wildman–Crippen LogP) is -1.09. The number of β-lactam (4-membered cyclic amide) rings is 1. The van der Waals surface area contributed by atoms with Crippen molar-refractivity contribution in [3.63, 3.8) is 0 Å². The van der Waals surface area contributed by atoms with Gasteiger partial charge in [0, 0.05) is 24.0 Å². The van der Waals surface area contributed by atoms with Crippen LogP contribution in [0.5, 0.6) is 5.75 Å². The highest BCUT2D eigenvalue weighted by Gasteiger charge is 2.58. The van der Waals surface area contributed by atoms with Crippen molar-refractivity contribution in [2.75, 3.05) is 25.4 Å². The van der Waals surface area contributed by atoms with E-state index in [-0.39, 0.29) is 28.5 Å². The van der Waals surface area contributed by atoms with Crippen LogP contribution in [-0.4, -0.2) is 96.3 Å². The van der Waals surface area contributed by atoms with E-state index < -0.39 is 58.1 Å². The second-order valence-electron chi connectivity index (χ2n) is 9.92. The van der Waals surface area contributed by atoms with Crippen LogP contribution >= 0.6 is 11.3 Å². The monoisotopic (exact) mass is 653 g/mol. The molecule has 2 aliphatic heterocycles. The Balaban J connectivity index is 1.43. The molecule has 2 atom stereocenters. The molecule has 0 spiro atoms. The molecular formula is C23H27N9O10S2. The van der Waals surface area contributed by atoms with Gasteiger partial charge in [0.15, 0.2) is 10.8 Å². The van der Waals surface area contributed by atoms with Gasteiger partial charge < -0.3 is 36.4 Å². The van der Waals surface area contributed by atoms with Gasteiger partial charge in [0.25, 0.3) is 17.9 Å². The van der Waals surface area contributed by atoms with Gasteiger partial charge in [-0.25, -0.2) is 9.78 Å². The molecule has 2 saturated heterocycles. The van der Waals surface area contributed by atoms with Crippen LogP contribution in [0.25, 0.3) is 0 Å². The first-order valence-electron chi connectivity index (χ1n) is 12.6. The van der Waals surface area contributed by atoms with Crippen molar-refractivity contribution in [2.45, 2.75) is 37.6 Å². The lowest BCUT2D eigenvalue weighted by Crippen LogP contribution is -2.76. The number of aromatic nitrogens is 1. The summed E-state index contributed by atoms with van der Waals surface area (Å²) in [5, 5.41) is 31.7. The van der Waals surface area contributed by atoms with E-state index in [1.807, 2.05) is 0 Å². The van der Waals surface area contributed by atoms with Crippen molar-refractivity contribution in [3.8, 4) is 5.75 Å². The number of nitrogens with two attached hydrogens (primary N) is 1. The fourth-order valence-electron chi connectivity index (χ4n) is 3.86. The highest BCUT2D eigenvalue weighted by Crippen LogP contribution is 2.33. The fraction of sp³-hybridized carbons (Fsp3) is 0.391. The zero-order chi connectivity index (χ0) is 32.2. The Morgan fingerprint density at radius 2 is 1.98 bits per heavy atom. The molecule has 4 rings (SSSR count). The number of anilines is 1. The van der Waals surface area contributed by atoms with Crippen molar-refractivity contribution in [3.05, 3.63) is 45.8 Å². The van der Waals surface area contributed by atoms with Crippen LogP contribution in [-0.2, 0) is 33.8 Å². The number of ether oxygens (including phenoxy) is 1. The number of carboxylic acid groups (broad SMARTS) is 1. The summed E-state index contributed by atoms with van der Waals surface area (Å²) in [7, 11) is -4.94. The molecule has 1 aromatic carbocycles. The average molecular weight is 654 g/mol. The van der Waals surface area contributed by atoms with E-state index in [4.69, 9.17) is 20.7 Å². The van der Waals surface area contributed by atoms with Gasteiger partial charge in [-0.3, -0.25) is 15.0 Å². The first-order chi connectivity index (χ1) is 20.7. The average Bonchev–Trinajstić information content (AvgIpc) is 3.39. The molecule has 21 heteroatoms. The van der Waals surface area contributed by atoms with Crippen molar-refractivity contribution in [1.82, 2.24) is 26.0 Å². The topological polar surface area (TPSA) is 277 Å². The minimum atomic E-state index is -4.94. The number of hydroxylamine groups is 2. The van der Waals surface area contributed by atoms with Crippen LogP contribution < -0.4 is 26.4 Å². The van der Waals surface area contributed by atoms with Gasteiger partial charge in [-0.05, 0) is 38.1 Å². The number of carbonyl (C=O) groups excluding carboxylic acids is 2. The largest absolute Gasteiger partial charge is 0.489 e. The number of hydrogen-bond donors (Lipinski definition) is 6. The van der Waals surface area contributed by atoms with E-state index in [9.17, 15) is 32.8 Å². The summed E-state index contributed by atoms with van der Waals surface area (Å²) >= 11 is 0.942. The van der Waals surface area contributed by atoms with Gasteiger partial charge in [0.1, 0.15) is 29.9 Å². The van der Waals surface area contributed by atoms with Crippen molar-refractivity contribution in [1.29, 1.82) is 5.41 Å². The molecule has 1 aromatic heterocycles. The number of hydrogen-bond acceptors (Lipinski definition) is 15. The second kappa shape index (κ2) is 12.9. The normalized spacial score (nSPS) is 18.8. The Hall–Kier alpha value is -4.73. The van der Waals surface area contributed by atoms with Gasteiger partial charge in [-0.15, -0.1) is 20.5 Å². The van der Waals surface area contributed by atoms with Crippen molar-refractivity contribution < 1.29 is 41.8 Å². The Morgan fingerprint density at radius 3 is 2.50 bits per heavy atom. The number of nitrogens with one attached hydrogen (secondary N) is 4. The SMILES string of the molecule is CC1(C)[C@H](NC(=O)/C(=N\O[C@@H](COc2ccc(C(=N)NC3CNC3)cc2)C(=O)O)c2csc(N)n2)C(=O)N1OS(=O)(=O)N=O. The first-order valence-corrected chi connectivity index (χ1v) is 14.9. The number of amides is 2. The summed E-state index contributed by atoms with van der Waals surface area (Å²) in [5.41, 5.74) is 4.15. The number of thiazole rings is 1. The Bertz CT molecular complexity index is 1590. The van der Waals surface area contributed by atoms with E-state index >= 15 is 0 Å². The molecule has 0 aliphatic carbocycles. The lowest BCUT2D eigenvalue weighted by molar-refractivity contribution is -0.216. The number of aliphatic carboxylic acids is 1. The third-order valence-corrected chi connectivity index (χ3v) is 7.61. The Kier molecular flexibility index (Phi) is 9.42. The summed E-state index contributed by atoms with van der Waals surface area (Å²) in [5.74, 6) is -3.04. The third-order valence-electron chi connectivity index (χ3n) is 6.41. The molecule has 2 aliphatic rings. The van der Waals surface area contributed by atoms with E-state index in [1.165, 1.54) is 19.2 Å². The van der Waals surface area contributed by atoms with E-state index in [0.717, 1.165) is 24.4 Å². The molecule has 0 bridgehead atoms. The van der Waals surface area contributed by atoms with Crippen LogP contribution in [0.4, 0.5) is 5.13 Å². The van der Waals surface area contributed by atoms with Gasteiger partial charge in [0.2, 0.25) is 0 Å². The quantitative estimate of drug-likeness (QED) is 0.0465. The van der Waals surface area contributed by atoms with Gasteiger partial charge in [0.05, 0.1) is 16.2 Å². The third kappa shape index (κ3) is 7.24. The number of nitroso groups, excluding NO2 is 1. The summed E-state index contributed by atoms with van der Waals surface area (Å²) < 4.78 is 34.5. The molecule has 3 heterocycles. The number of benzene rings is 1. The predicted molar refractivity (Wildman–Crippen MR) is 153 cm³/mol. The maximum atomic E-state index is 13.2. The second-order valence-corrected chi connectivity index (χ2v) is 12.0. The molecule has 7 N–H and O–H groups in total. The van der Waals surface area contributed by atoms with Crippen LogP contribution in [0.15, 0.2) is 39.4 Å². The van der Waals surface area contributed by atoms with E-state index in [2.05, 4.69) is 30.4 Å². The first kappa shape index (κ1) is 32.2. The Morgan fingerprint density at radius 1 is 1.30 bits per heavy atom. The molecule has 2 amide bonds. The highest BCUT2D eigenvalue weighted by atomic mass is 32.2. The molecule has 236 valence electrons. The minimum absolute atomic E-state index is 0.0425. The van der Waals surface area contributed by atoms with Gasteiger partial charge in [-0.1, -0.05) is 5.16 Å². The number of nitrogen functional groups attached to an aromatic ring is 1. The molecule has 2 aromatic rings. The molecule has 0 saturated carbocycles. The molecule has 2 fully saturated rings. The fourth-order valence-corrected chi connectivity index (χ4v) is 4.89. The number of oxime groups is 1. The van der Waals surface area contributed by atoms with Crippen molar-refractivity contribution in [2.24, 2.45) is 9.74 Å². The number of nitrogens with zero attached hydrogens (tertiary/aromatic N) is 4. The summed E-state index contributed by atoms with van der Waals surface area (Å²) in [6.45, 7) is 3.67. The molecule has 0 unspecified atom stereocenters. The lowest BCUT2D eigenvalue weighted by Gasteiger charge is -2.50. The number of rotatable bonds is 14. The van der Waals surface area contributed by atoms with Crippen LogP contribution in [0.3, 0.4) is 0 Å². The molecular weight excluding hydrogens is 626 g/mol. The lowest BCUT2D eigenvalue weighted by atomic mass is 9.84. The number of carboxylic acids is 1. The van der Waals surface area contributed by atoms with E-state index in [0.29, 0.717) is 10.6 Å². The highest BCUT2D eigenvalue weighted by molar-refractivity contribution is 7.85.